The Morgan fingerprint density at radius 1 is 1.13 bits per heavy atom. The molecule has 0 unspecified atom stereocenters. The molecule has 2 rings (SSSR count). The number of aromatic nitrogens is 1. The highest BCUT2D eigenvalue weighted by Gasteiger charge is 2.14. The van der Waals surface area contributed by atoms with E-state index in [1.165, 1.54) is 12.1 Å². The molecule has 1 aromatic carbocycles. The third-order valence-corrected chi connectivity index (χ3v) is 5.08. The van der Waals surface area contributed by atoms with E-state index >= 15 is 0 Å². The van der Waals surface area contributed by atoms with Crippen molar-refractivity contribution in [3.63, 3.8) is 0 Å². The highest BCUT2D eigenvalue weighted by Crippen LogP contribution is 2.18. The molecule has 0 aliphatic heterocycles. The predicted molar refractivity (Wildman–Crippen MR) is 97.1 cm³/mol. The molecule has 0 radical (unpaired) electrons. The monoisotopic (exact) mass is 397 g/mol. The highest BCUT2D eigenvalue weighted by molar-refractivity contribution is 9.10. The van der Waals surface area contributed by atoms with E-state index in [2.05, 4.69) is 44.8 Å². The van der Waals surface area contributed by atoms with Gasteiger partial charge in [0.25, 0.3) is 10.0 Å². The zero-order valence-electron chi connectivity index (χ0n) is 13.1. The van der Waals surface area contributed by atoms with E-state index < -0.39 is 10.0 Å². The molecule has 7 heteroatoms. The Kier molecular flexibility index (Phi) is 6.01. The first kappa shape index (κ1) is 17.7. The zero-order chi connectivity index (χ0) is 16.9. The van der Waals surface area contributed by atoms with Gasteiger partial charge < -0.3 is 5.32 Å². The number of pyridine rings is 1. The van der Waals surface area contributed by atoms with Crippen LogP contribution in [-0.2, 0) is 10.0 Å². The van der Waals surface area contributed by atoms with Gasteiger partial charge in [-0.25, -0.2) is 13.4 Å². The van der Waals surface area contributed by atoms with Gasteiger partial charge in [-0.2, -0.15) is 0 Å². The summed E-state index contributed by atoms with van der Waals surface area (Å²) in [6.07, 6.45) is 2.69. The number of nitrogens with zero attached hydrogens (tertiary/aromatic N) is 1. The van der Waals surface area contributed by atoms with Crippen molar-refractivity contribution in [2.24, 2.45) is 5.92 Å². The summed E-state index contributed by atoms with van der Waals surface area (Å²) in [5.41, 5.74) is 0.872. The first-order chi connectivity index (χ1) is 10.9. The van der Waals surface area contributed by atoms with Crippen LogP contribution in [-0.4, -0.2) is 19.9 Å². The Hall–Kier alpha value is -1.60. The van der Waals surface area contributed by atoms with E-state index in [0.717, 1.165) is 23.1 Å². The smallest absolute Gasteiger partial charge is 0.263 e. The van der Waals surface area contributed by atoms with E-state index in [4.69, 9.17) is 0 Å². The third-order valence-electron chi connectivity index (χ3n) is 3.18. The predicted octanol–water partition coefficient (Wildman–Crippen LogP) is 4.10. The van der Waals surface area contributed by atoms with Crippen molar-refractivity contribution >= 4 is 37.5 Å². The second-order valence-electron chi connectivity index (χ2n) is 5.60. The maximum Gasteiger partial charge on any atom is 0.263 e. The number of sulfonamides is 1. The summed E-state index contributed by atoms with van der Waals surface area (Å²) < 4.78 is 27.8. The van der Waals surface area contributed by atoms with Gasteiger partial charge in [-0.15, -0.1) is 0 Å². The fraction of sp³-hybridized carbons (Fsp3) is 0.312. The van der Waals surface area contributed by atoms with E-state index in [-0.39, 0.29) is 4.90 Å². The second kappa shape index (κ2) is 7.79. The van der Waals surface area contributed by atoms with Crippen LogP contribution in [0.4, 0.5) is 11.5 Å². The van der Waals surface area contributed by atoms with Crippen LogP contribution in [0.2, 0.25) is 0 Å². The van der Waals surface area contributed by atoms with Crippen molar-refractivity contribution in [1.82, 2.24) is 4.98 Å². The molecule has 124 valence electrons. The van der Waals surface area contributed by atoms with Gasteiger partial charge in [-0.3, -0.25) is 4.72 Å². The molecule has 0 bridgehead atoms. The molecule has 2 aromatic rings. The molecule has 0 saturated heterocycles. The average Bonchev–Trinajstić information content (AvgIpc) is 2.49. The minimum atomic E-state index is -3.62. The quantitative estimate of drug-likeness (QED) is 0.737. The lowest BCUT2D eigenvalue weighted by atomic mass is 10.1. The molecule has 1 heterocycles. The molecule has 2 N–H and O–H groups in total. The fourth-order valence-electron chi connectivity index (χ4n) is 1.87. The fourth-order valence-corrected chi connectivity index (χ4v) is 3.15. The molecule has 0 atom stereocenters. The van der Waals surface area contributed by atoms with E-state index in [9.17, 15) is 8.42 Å². The van der Waals surface area contributed by atoms with Crippen LogP contribution in [0.25, 0.3) is 0 Å². The van der Waals surface area contributed by atoms with E-state index in [1.807, 2.05) is 6.07 Å². The molecule has 0 fully saturated rings. The Morgan fingerprint density at radius 2 is 1.83 bits per heavy atom. The van der Waals surface area contributed by atoms with Crippen LogP contribution >= 0.6 is 15.9 Å². The summed E-state index contributed by atoms with van der Waals surface area (Å²) in [5.74, 6) is 0.926. The van der Waals surface area contributed by atoms with Gasteiger partial charge in [0.15, 0.2) is 0 Å². The first-order valence-corrected chi connectivity index (χ1v) is 9.63. The average molecular weight is 398 g/mol. The molecule has 5 nitrogen and oxygen atoms in total. The van der Waals surface area contributed by atoms with Crippen molar-refractivity contribution < 1.29 is 8.42 Å². The number of hydrogen-bond donors (Lipinski definition) is 2. The van der Waals surface area contributed by atoms with E-state index in [1.54, 1.807) is 24.4 Å². The summed E-state index contributed by atoms with van der Waals surface area (Å²) in [4.78, 5) is 4.34. The van der Waals surface area contributed by atoms with Gasteiger partial charge in [0.1, 0.15) is 5.82 Å². The minimum absolute atomic E-state index is 0.196. The lowest BCUT2D eigenvalue weighted by Crippen LogP contribution is -2.14. The SMILES string of the molecule is CC(C)CCNc1ccc(NS(=O)(=O)c2ccc(Br)cc2)nc1. The molecule has 0 saturated carbocycles. The molecule has 0 aliphatic rings. The Labute approximate surface area is 145 Å². The summed E-state index contributed by atoms with van der Waals surface area (Å²) in [7, 11) is -3.62. The van der Waals surface area contributed by atoms with Crippen molar-refractivity contribution in [3.8, 4) is 0 Å². The van der Waals surface area contributed by atoms with Crippen LogP contribution in [0.3, 0.4) is 0 Å². The summed E-state index contributed by atoms with van der Waals surface area (Å²) in [6, 6.07) is 9.90. The lowest BCUT2D eigenvalue weighted by Gasteiger charge is -2.10. The van der Waals surface area contributed by atoms with E-state index in [0.29, 0.717) is 11.7 Å². The number of benzene rings is 1. The van der Waals surface area contributed by atoms with Crippen LogP contribution in [0, 0.1) is 5.92 Å². The molecule has 0 amide bonds. The number of halogens is 1. The van der Waals surface area contributed by atoms with Crippen LogP contribution in [0.5, 0.6) is 0 Å². The highest BCUT2D eigenvalue weighted by atomic mass is 79.9. The number of anilines is 2. The summed E-state index contributed by atoms with van der Waals surface area (Å²) in [5, 5.41) is 3.26. The van der Waals surface area contributed by atoms with Crippen LogP contribution < -0.4 is 10.0 Å². The van der Waals surface area contributed by atoms with Gasteiger partial charge in [-0.05, 0) is 48.7 Å². The molecular weight excluding hydrogens is 378 g/mol. The number of rotatable bonds is 7. The standard InChI is InChI=1S/C16H20BrN3O2S/c1-12(2)9-10-18-14-5-8-16(19-11-14)20-23(21,22)15-6-3-13(17)4-7-15/h3-8,11-12,18H,9-10H2,1-2H3,(H,19,20). The summed E-state index contributed by atoms with van der Waals surface area (Å²) in [6.45, 7) is 5.20. The normalized spacial score (nSPS) is 11.5. The zero-order valence-corrected chi connectivity index (χ0v) is 15.5. The number of hydrogen-bond acceptors (Lipinski definition) is 4. The molecular formula is C16H20BrN3O2S. The maximum atomic E-state index is 12.3. The molecule has 0 spiro atoms. The van der Waals surface area contributed by atoms with Crippen molar-refractivity contribution in [2.75, 3.05) is 16.6 Å². The minimum Gasteiger partial charge on any atom is -0.384 e. The van der Waals surface area contributed by atoms with Crippen LogP contribution in [0.1, 0.15) is 20.3 Å². The van der Waals surface area contributed by atoms with Crippen molar-refractivity contribution in [2.45, 2.75) is 25.2 Å². The van der Waals surface area contributed by atoms with Gasteiger partial charge >= 0.3 is 0 Å². The summed E-state index contributed by atoms with van der Waals surface area (Å²) >= 11 is 3.28. The van der Waals surface area contributed by atoms with Crippen LogP contribution in [0.15, 0.2) is 52.0 Å². The van der Waals surface area contributed by atoms with Gasteiger partial charge in [0, 0.05) is 11.0 Å². The molecule has 1 aromatic heterocycles. The maximum absolute atomic E-state index is 12.3. The molecule has 0 aliphatic carbocycles. The number of nitrogens with one attached hydrogen (secondary N) is 2. The van der Waals surface area contributed by atoms with Gasteiger partial charge in [0.2, 0.25) is 0 Å². The largest absolute Gasteiger partial charge is 0.384 e. The molecule has 23 heavy (non-hydrogen) atoms. The van der Waals surface area contributed by atoms with Crippen molar-refractivity contribution in [3.05, 3.63) is 47.1 Å². The Morgan fingerprint density at radius 3 is 2.39 bits per heavy atom. The Bertz CT molecular complexity index is 729. The van der Waals surface area contributed by atoms with Crippen molar-refractivity contribution in [1.29, 1.82) is 0 Å². The topological polar surface area (TPSA) is 71.1 Å². The first-order valence-electron chi connectivity index (χ1n) is 7.35. The van der Waals surface area contributed by atoms with Gasteiger partial charge in [-0.1, -0.05) is 29.8 Å². The Balaban J connectivity index is 2.01. The third kappa shape index (κ3) is 5.51. The second-order valence-corrected chi connectivity index (χ2v) is 8.20. The lowest BCUT2D eigenvalue weighted by molar-refractivity contribution is 0.601. The van der Waals surface area contributed by atoms with Gasteiger partial charge in [0.05, 0.1) is 16.8 Å².